The third-order valence-corrected chi connectivity index (χ3v) is 3.67. The van der Waals surface area contributed by atoms with Crippen LogP contribution in [0.3, 0.4) is 0 Å². The summed E-state index contributed by atoms with van der Waals surface area (Å²) in [5.74, 6) is 0.337. The SMILES string of the molecule is Cc1ccc(NC(=O)Cc2ccc3c(c2)NC(=O)C(C)O3)cc1. The number of aryl methyl sites for hydroxylation is 1. The molecule has 1 atom stereocenters. The van der Waals surface area contributed by atoms with Gasteiger partial charge in [-0.1, -0.05) is 23.8 Å². The zero-order chi connectivity index (χ0) is 16.4. The van der Waals surface area contributed by atoms with E-state index < -0.39 is 6.10 Å². The molecule has 1 heterocycles. The molecule has 1 aliphatic rings. The summed E-state index contributed by atoms with van der Waals surface area (Å²) in [4.78, 5) is 23.8. The van der Waals surface area contributed by atoms with Crippen LogP contribution in [-0.2, 0) is 16.0 Å². The van der Waals surface area contributed by atoms with E-state index >= 15 is 0 Å². The summed E-state index contributed by atoms with van der Waals surface area (Å²) < 4.78 is 5.50. The van der Waals surface area contributed by atoms with Crippen molar-refractivity contribution in [3.8, 4) is 5.75 Å². The summed E-state index contributed by atoms with van der Waals surface area (Å²) in [6.45, 7) is 3.69. The van der Waals surface area contributed by atoms with Crippen LogP contribution < -0.4 is 15.4 Å². The normalized spacial score (nSPS) is 16.1. The molecule has 1 unspecified atom stereocenters. The van der Waals surface area contributed by atoms with Crippen molar-refractivity contribution in [2.75, 3.05) is 10.6 Å². The first-order valence-corrected chi connectivity index (χ1v) is 7.48. The van der Waals surface area contributed by atoms with Gasteiger partial charge < -0.3 is 15.4 Å². The zero-order valence-corrected chi connectivity index (χ0v) is 13.1. The fraction of sp³-hybridized carbons (Fsp3) is 0.222. The van der Waals surface area contributed by atoms with Crippen LogP contribution in [-0.4, -0.2) is 17.9 Å². The molecule has 23 heavy (non-hydrogen) atoms. The molecule has 0 saturated carbocycles. The molecule has 0 aromatic heterocycles. The second-order valence-electron chi connectivity index (χ2n) is 5.67. The predicted octanol–water partition coefficient (Wildman–Crippen LogP) is 2.90. The Morgan fingerprint density at radius 2 is 1.96 bits per heavy atom. The average Bonchev–Trinajstić information content (AvgIpc) is 2.51. The van der Waals surface area contributed by atoms with E-state index in [-0.39, 0.29) is 18.2 Å². The van der Waals surface area contributed by atoms with Crippen molar-refractivity contribution in [2.24, 2.45) is 0 Å². The minimum Gasteiger partial charge on any atom is -0.479 e. The van der Waals surface area contributed by atoms with Crippen LogP contribution in [0.2, 0.25) is 0 Å². The van der Waals surface area contributed by atoms with Crippen molar-refractivity contribution in [1.29, 1.82) is 0 Å². The van der Waals surface area contributed by atoms with Gasteiger partial charge in [0, 0.05) is 5.69 Å². The average molecular weight is 310 g/mol. The van der Waals surface area contributed by atoms with Gasteiger partial charge in [0.15, 0.2) is 6.10 Å². The Kier molecular flexibility index (Phi) is 4.02. The molecule has 3 rings (SSSR count). The highest BCUT2D eigenvalue weighted by Crippen LogP contribution is 2.30. The third kappa shape index (κ3) is 3.51. The quantitative estimate of drug-likeness (QED) is 0.916. The number of carbonyl (C=O) groups excluding carboxylic acids is 2. The molecule has 2 N–H and O–H groups in total. The second-order valence-corrected chi connectivity index (χ2v) is 5.67. The minimum absolute atomic E-state index is 0.106. The first kappa shape index (κ1) is 15.1. The number of hydrogen-bond acceptors (Lipinski definition) is 3. The van der Waals surface area contributed by atoms with Gasteiger partial charge in [0.25, 0.3) is 5.91 Å². The Hall–Kier alpha value is -2.82. The van der Waals surface area contributed by atoms with E-state index in [4.69, 9.17) is 4.74 Å². The number of nitrogens with one attached hydrogen (secondary N) is 2. The van der Waals surface area contributed by atoms with E-state index in [1.807, 2.05) is 37.3 Å². The van der Waals surface area contributed by atoms with Crippen molar-refractivity contribution in [1.82, 2.24) is 0 Å². The van der Waals surface area contributed by atoms with Crippen molar-refractivity contribution >= 4 is 23.2 Å². The molecule has 2 aromatic rings. The Bertz CT molecular complexity index is 753. The summed E-state index contributed by atoms with van der Waals surface area (Å²) in [6.07, 6.45) is -0.273. The third-order valence-electron chi connectivity index (χ3n) is 3.67. The molecule has 2 aromatic carbocycles. The first-order chi connectivity index (χ1) is 11.0. The van der Waals surface area contributed by atoms with Gasteiger partial charge in [-0.2, -0.15) is 0 Å². The number of benzene rings is 2. The van der Waals surface area contributed by atoms with Crippen molar-refractivity contribution in [2.45, 2.75) is 26.4 Å². The molecule has 0 spiro atoms. The van der Waals surface area contributed by atoms with E-state index in [0.717, 1.165) is 16.8 Å². The molecule has 118 valence electrons. The minimum atomic E-state index is -0.502. The Balaban J connectivity index is 1.68. The van der Waals surface area contributed by atoms with Crippen LogP contribution >= 0.6 is 0 Å². The maximum absolute atomic E-state index is 12.1. The van der Waals surface area contributed by atoms with Gasteiger partial charge in [-0.25, -0.2) is 0 Å². The number of anilines is 2. The summed E-state index contributed by atoms with van der Waals surface area (Å²) in [5, 5.41) is 5.64. The monoisotopic (exact) mass is 310 g/mol. The molecular formula is C18H18N2O3. The number of amides is 2. The smallest absolute Gasteiger partial charge is 0.265 e. The van der Waals surface area contributed by atoms with E-state index in [9.17, 15) is 9.59 Å². The number of fused-ring (bicyclic) bond motifs is 1. The summed E-state index contributed by atoms with van der Waals surface area (Å²) in [7, 11) is 0. The lowest BCUT2D eigenvalue weighted by molar-refractivity contribution is -0.122. The Labute approximate surface area is 134 Å². The highest BCUT2D eigenvalue weighted by molar-refractivity contribution is 5.98. The maximum Gasteiger partial charge on any atom is 0.265 e. The van der Waals surface area contributed by atoms with Crippen LogP contribution in [0.5, 0.6) is 5.75 Å². The highest BCUT2D eigenvalue weighted by atomic mass is 16.5. The van der Waals surface area contributed by atoms with Crippen molar-refractivity contribution in [3.63, 3.8) is 0 Å². The molecule has 5 nitrogen and oxygen atoms in total. The molecule has 0 fully saturated rings. The number of carbonyl (C=O) groups is 2. The molecule has 0 aliphatic carbocycles. The molecule has 5 heteroatoms. The van der Waals surface area contributed by atoms with Crippen LogP contribution in [0.25, 0.3) is 0 Å². The fourth-order valence-electron chi connectivity index (χ4n) is 2.39. The van der Waals surface area contributed by atoms with Gasteiger partial charge in [-0.15, -0.1) is 0 Å². The van der Waals surface area contributed by atoms with Crippen LogP contribution in [0.4, 0.5) is 11.4 Å². The molecule has 0 bridgehead atoms. The second kappa shape index (κ2) is 6.12. The van der Waals surface area contributed by atoms with Gasteiger partial charge in [-0.05, 0) is 43.7 Å². The lowest BCUT2D eigenvalue weighted by Gasteiger charge is -2.23. The fourth-order valence-corrected chi connectivity index (χ4v) is 2.39. The van der Waals surface area contributed by atoms with Crippen molar-refractivity contribution < 1.29 is 14.3 Å². The zero-order valence-electron chi connectivity index (χ0n) is 13.1. The van der Waals surface area contributed by atoms with E-state index in [1.54, 1.807) is 19.1 Å². The summed E-state index contributed by atoms with van der Waals surface area (Å²) in [5.41, 5.74) is 3.33. The van der Waals surface area contributed by atoms with Crippen LogP contribution in [0.1, 0.15) is 18.1 Å². The topological polar surface area (TPSA) is 67.4 Å². The summed E-state index contributed by atoms with van der Waals surface area (Å²) in [6, 6.07) is 13.0. The lowest BCUT2D eigenvalue weighted by Crippen LogP contribution is -2.34. The standard InChI is InChI=1S/C18H18N2O3/c1-11-3-6-14(7-4-11)19-17(21)10-13-5-8-16-15(9-13)20-18(22)12(2)23-16/h3-9,12H,10H2,1-2H3,(H,19,21)(H,20,22). The molecule has 1 aliphatic heterocycles. The Morgan fingerprint density at radius 1 is 1.22 bits per heavy atom. The first-order valence-electron chi connectivity index (χ1n) is 7.48. The predicted molar refractivity (Wildman–Crippen MR) is 88.7 cm³/mol. The van der Waals surface area contributed by atoms with Crippen molar-refractivity contribution in [3.05, 3.63) is 53.6 Å². The largest absolute Gasteiger partial charge is 0.479 e. The van der Waals surface area contributed by atoms with Gasteiger partial charge in [0.05, 0.1) is 12.1 Å². The van der Waals surface area contributed by atoms with Gasteiger partial charge in [0.2, 0.25) is 5.91 Å². The molecule has 2 amide bonds. The summed E-state index contributed by atoms with van der Waals surface area (Å²) >= 11 is 0. The van der Waals surface area contributed by atoms with Gasteiger partial charge in [-0.3, -0.25) is 9.59 Å². The highest BCUT2D eigenvalue weighted by Gasteiger charge is 2.23. The maximum atomic E-state index is 12.1. The van der Waals surface area contributed by atoms with E-state index in [0.29, 0.717) is 11.4 Å². The Morgan fingerprint density at radius 3 is 2.70 bits per heavy atom. The van der Waals surface area contributed by atoms with Crippen LogP contribution in [0, 0.1) is 6.92 Å². The van der Waals surface area contributed by atoms with Gasteiger partial charge >= 0.3 is 0 Å². The number of ether oxygens (including phenoxy) is 1. The molecule has 0 radical (unpaired) electrons. The molecular weight excluding hydrogens is 292 g/mol. The van der Waals surface area contributed by atoms with Gasteiger partial charge in [0.1, 0.15) is 5.75 Å². The van der Waals surface area contributed by atoms with E-state index in [1.165, 1.54) is 0 Å². The number of hydrogen-bond donors (Lipinski definition) is 2. The number of rotatable bonds is 3. The van der Waals surface area contributed by atoms with E-state index in [2.05, 4.69) is 10.6 Å². The van der Waals surface area contributed by atoms with Crippen LogP contribution in [0.15, 0.2) is 42.5 Å². The lowest BCUT2D eigenvalue weighted by atomic mass is 10.1. The molecule has 0 saturated heterocycles.